The van der Waals surface area contributed by atoms with Gasteiger partial charge in [0.2, 0.25) is 11.8 Å². The normalized spacial score (nSPS) is 31.6. The second-order valence-corrected chi connectivity index (χ2v) is 13.0. The summed E-state index contributed by atoms with van der Waals surface area (Å²) in [5.41, 5.74) is 6.47. The van der Waals surface area contributed by atoms with Gasteiger partial charge in [-0.1, -0.05) is 36.8 Å². The summed E-state index contributed by atoms with van der Waals surface area (Å²) >= 11 is 0. The van der Waals surface area contributed by atoms with Crippen molar-refractivity contribution in [1.82, 2.24) is 10.6 Å². The average molecular weight is 658 g/mol. The molecule has 0 saturated carbocycles. The summed E-state index contributed by atoms with van der Waals surface area (Å²) < 4.78 is 37.1. The highest BCUT2D eigenvalue weighted by atomic mass is 19.1. The van der Waals surface area contributed by atoms with Crippen LogP contribution in [-0.4, -0.2) is 77.8 Å². The number of esters is 1. The van der Waals surface area contributed by atoms with Crippen LogP contribution in [0, 0.1) is 11.7 Å². The lowest BCUT2D eigenvalue weighted by atomic mass is 9.87. The lowest BCUT2D eigenvalue weighted by molar-refractivity contribution is -0.145. The Morgan fingerprint density at radius 1 is 1.21 bits per heavy atom. The van der Waals surface area contributed by atoms with Crippen molar-refractivity contribution in [1.29, 1.82) is 0 Å². The minimum absolute atomic E-state index is 0.0301. The van der Waals surface area contributed by atoms with Gasteiger partial charge in [0.15, 0.2) is 0 Å². The summed E-state index contributed by atoms with van der Waals surface area (Å²) in [6.45, 7) is 9.42. The molecule has 47 heavy (non-hydrogen) atoms. The van der Waals surface area contributed by atoms with Crippen LogP contribution in [0.25, 0.3) is 0 Å². The predicted octanol–water partition coefficient (Wildman–Crippen LogP) is 3.40. The van der Waals surface area contributed by atoms with Crippen LogP contribution in [0.5, 0.6) is 0 Å². The average Bonchev–Trinajstić information content (AvgIpc) is 3.77. The molecule has 3 fully saturated rings. The highest BCUT2D eigenvalue weighted by molar-refractivity contribution is 5.87. The number of rotatable bonds is 12. The maximum atomic E-state index is 14.1. The minimum atomic E-state index is -0.871. The number of amides is 2. The van der Waals surface area contributed by atoms with Gasteiger partial charge in [-0.3, -0.25) is 14.4 Å². The molecule has 0 radical (unpaired) electrons. The van der Waals surface area contributed by atoms with E-state index in [1.165, 1.54) is 31.2 Å². The molecule has 1 spiro atoms. The number of epoxide rings is 1. The monoisotopic (exact) mass is 657 g/mol. The van der Waals surface area contributed by atoms with Gasteiger partial charge in [-0.25, -0.2) is 4.39 Å². The number of hydrogen-bond acceptors (Lipinski definition) is 9. The molecule has 3 saturated heterocycles. The molecule has 258 valence electrons. The van der Waals surface area contributed by atoms with Gasteiger partial charge >= 0.3 is 5.97 Å². The number of ether oxygens (including phenoxy) is 4. The molecule has 0 bridgehead atoms. The van der Waals surface area contributed by atoms with Crippen molar-refractivity contribution in [2.24, 2.45) is 5.92 Å². The molecule has 9 atom stereocenters. The first kappa shape index (κ1) is 36.3. The summed E-state index contributed by atoms with van der Waals surface area (Å²) in [4.78, 5) is 36.1. The third kappa shape index (κ3) is 10.5. The van der Waals surface area contributed by atoms with Crippen LogP contribution in [0.3, 0.4) is 0 Å². The topological polar surface area (TPSA) is 162 Å². The Morgan fingerprint density at radius 2 is 1.96 bits per heavy atom. The first-order valence-electron chi connectivity index (χ1n) is 16.2. The summed E-state index contributed by atoms with van der Waals surface area (Å²) in [6, 6.07) is 4.19. The van der Waals surface area contributed by atoms with E-state index in [0.717, 1.165) is 12.0 Å². The summed E-state index contributed by atoms with van der Waals surface area (Å²) in [5, 5.41) is 16.7. The molecule has 1 aromatic rings. The molecule has 2 amide bonds. The van der Waals surface area contributed by atoms with Gasteiger partial charge in [-0.2, -0.15) is 0 Å². The number of nitrogens with one attached hydrogen (secondary N) is 2. The van der Waals surface area contributed by atoms with Crippen molar-refractivity contribution >= 4 is 23.5 Å². The number of carbonyl (C=O) groups excluding carboxylic acids is 3. The molecule has 11 nitrogen and oxygen atoms in total. The van der Waals surface area contributed by atoms with Gasteiger partial charge in [-0.15, -0.1) is 0 Å². The Balaban J connectivity index is 1.26. The van der Waals surface area contributed by atoms with Crippen LogP contribution in [-0.2, 0) is 39.9 Å². The van der Waals surface area contributed by atoms with Gasteiger partial charge in [0.25, 0.3) is 0 Å². The second kappa shape index (κ2) is 16.0. The van der Waals surface area contributed by atoms with E-state index in [2.05, 4.69) is 23.6 Å². The van der Waals surface area contributed by atoms with E-state index in [9.17, 15) is 23.9 Å². The molecule has 0 unspecified atom stereocenters. The number of benzene rings is 1. The van der Waals surface area contributed by atoms with E-state index in [1.54, 1.807) is 19.1 Å². The van der Waals surface area contributed by atoms with Crippen LogP contribution in [0.15, 0.2) is 54.2 Å². The van der Waals surface area contributed by atoms with Gasteiger partial charge < -0.3 is 40.4 Å². The molecule has 12 heteroatoms. The molecule has 1 aromatic carbocycles. The van der Waals surface area contributed by atoms with Crippen LogP contribution in [0.2, 0.25) is 0 Å². The van der Waals surface area contributed by atoms with E-state index in [4.69, 9.17) is 24.7 Å². The Hall–Kier alpha value is -3.58. The number of nitrogen functional groups attached to an aromatic ring is 1. The Labute approximate surface area is 275 Å². The number of nitrogens with two attached hydrogens (primary N) is 1. The number of hydrogen-bond donors (Lipinski definition) is 4. The van der Waals surface area contributed by atoms with E-state index in [0.29, 0.717) is 30.7 Å². The number of halogens is 1. The lowest BCUT2D eigenvalue weighted by Gasteiger charge is -2.39. The molecule has 0 aromatic heterocycles. The van der Waals surface area contributed by atoms with Crippen molar-refractivity contribution in [2.45, 2.75) is 115 Å². The first-order valence-corrected chi connectivity index (χ1v) is 16.2. The van der Waals surface area contributed by atoms with Crippen molar-refractivity contribution in [3.8, 4) is 0 Å². The SMILES string of the molecule is CC(=O)O[C@@H](C)/C=C\C(=O)N[C@@H]1C[C@H](C)[C@H](C/C=C(C)/C=C/[C@H]2O[C@H](CC(=O)NCc3ccc(N)cc3F)C[C@@]3(CO3)[C@@H]2O)O[C@@H]1C. The zero-order chi connectivity index (χ0) is 34.3. The van der Waals surface area contributed by atoms with Gasteiger partial charge in [-0.05, 0) is 57.7 Å². The fraction of sp³-hybridized carbons (Fsp3) is 0.571. The minimum Gasteiger partial charge on any atom is -0.459 e. The summed E-state index contributed by atoms with van der Waals surface area (Å²) in [7, 11) is 0. The molecule has 4 rings (SSSR count). The number of allylic oxidation sites excluding steroid dienone is 2. The van der Waals surface area contributed by atoms with Crippen molar-refractivity contribution in [3.63, 3.8) is 0 Å². The van der Waals surface area contributed by atoms with Crippen molar-refractivity contribution in [2.75, 3.05) is 12.3 Å². The summed E-state index contributed by atoms with van der Waals surface area (Å²) in [6.07, 6.45) is 7.79. The molecule has 5 N–H and O–H groups in total. The first-order chi connectivity index (χ1) is 22.2. The largest absolute Gasteiger partial charge is 0.459 e. The highest BCUT2D eigenvalue weighted by Gasteiger charge is 2.58. The molecular weight excluding hydrogens is 609 g/mol. The molecule has 3 heterocycles. The van der Waals surface area contributed by atoms with Crippen molar-refractivity contribution < 1.29 is 42.8 Å². The molecule has 3 aliphatic rings. The number of aliphatic hydroxyl groups is 1. The fourth-order valence-electron chi connectivity index (χ4n) is 6.07. The van der Waals surface area contributed by atoms with Gasteiger partial charge in [0.05, 0.1) is 37.4 Å². The Morgan fingerprint density at radius 3 is 2.64 bits per heavy atom. The van der Waals surface area contributed by atoms with Crippen LogP contribution in [0.4, 0.5) is 10.1 Å². The maximum absolute atomic E-state index is 14.1. The maximum Gasteiger partial charge on any atom is 0.303 e. The predicted molar refractivity (Wildman–Crippen MR) is 173 cm³/mol. The second-order valence-electron chi connectivity index (χ2n) is 13.0. The molecule has 3 aliphatic heterocycles. The van der Waals surface area contributed by atoms with Gasteiger partial charge in [0.1, 0.15) is 29.7 Å². The van der Waals surface area contributed by atoms with E-state index >= 15 is 0 Å². The van der Waals surface area contributed by atoms with Crippen LogP contribution >= 0.6 is 0 Å². The Kier molecular flexibility index (Phi) is 12.4. The van der Waals surface area contributed by atoms with E-state index < -0.39 is 41.8 Å². The van der Waals surface area contributed by atoms with Gasteiger partial charge in [0, 0.05) is 37.2 Å². The third-order valence-corrected chi connectivity index (χ3v) is 8.89. The smallest absolute Gasteiger partial charge is 0.303 e. The van der Waals surface area contributed by atoms with Crippen molar-refractivity contribution in [3.05, 3.63) is 65.5 Å². The van der Waals surface area contributed by atoms with Crippen LogP contribution < -0.4 is 16.4 Å². The third-order valence-electron chi connectivity index (χ3n) is 8.89. The zero-order valence-corrected chi connectivity index (χ0v) is 27.7. The van der Waals surface area contributed by atoms with Crippen LogP contribution in [0.1, 0.15) is 65.9 Å². The molecule has 0 aliphatic carbocycles. The number of carbonyl (C=O) groups is 3. The van der Waals surface area contributed by atoms with E-state index in [1.807, 2.05) is 19.9 Å². The van der Waals surface area contributed by atoms with E-state index in [-0.39, 0.29) is 48.9 Å². The summed E-state index contributed by atoms with van der Waals surface area (Å²) in [5.74, 6) is -1.26. The lowest BCUT2D eigenvalue weighted by Crippen LogP contribution is -2.50. The number of aliphatic hydroxyl groups excluding tert-OH is 1. The zero-order valence-electron chi connectivity index (χ0n) is 27.7. The quantitative estimate of drug-likeness (QED) is 0.0868. The highest BCUT2D eigenvalue weighted by Crippen LogP contribution is 2.43. The number of anilines is 1. The fourth-order valence-corrected chi connectivity index (χ4v) is 6.07. The standard InChI is InChI=1S/C35H48FN3O8/c1-20(6-11-30-21(2)14-29(23(4)46-30)39-32(41)13-8-22(3)45-24(5)40)7-12-31-34(43)35(19-44-35)17-27(47-31)16-33(42)38-18-25-9-10-26(37)15-28(25)36/h6-10,12-13,15,21-23,27,29-31,34,43H,11,14,16-19,37H2,1-5H3,(H,38,42)(H,39,41)/b12-7+,13-8-,20-6+/t21-,22-,23+,27+,29+,30-,31+,34+,35+/m0/s1. The Bertz CT molecular complexity index is 1380. The molecular formula is C35H48FN3O8.